The van der Waals surface area contributed by atoms with Crippen molar-refractivity contribution in [2.45, 2.75) is 32.7 Å². The molecule has 0 spiro atoms. The number of hydrogen-bond donors (Lipinski definition) is 4. The highest BCUT2D eigenvalue weighted by molar-refractivity contribution is 5.56. The molecule has 6 heteroatoms. The summed E-state index contributed by atoms with van der Waals surface area (Å²) >= 11 is 0. The third-order valence-corrected chi connectivity index (χ3v) is 2.41. The predicted octanol–water partition coefficient (Wildman–Crippen LogP) is 0.644. The number of nitrogens with two attached hydrogens (primary N) is 1. The normalized spacial score (nSPS) is 11.3. The van der Waals surface area contributed by atoms with E-state index in [0.717, 1.165) is 11.4 Å². The molecule has 0 saturated heterocycles. The Balaban J connectivity index is 2.89. The highest BCUT2D eigenvalue weighted by Crippen LogP contribution is 2.22. The van der Waals surface area contributed by atoms with Crippen LogP contribution in [0.5, 0.6) is 0 Å². The number of aliphatic hydroxyl groups excluding tert-OH is 1. The summed E-state index contributed by atoms with van der Waals surface area (Å²) in [6.45, 7) is 6.01. The zero-order valence-corrected chi connectivity index (χ0v) is 9.91. The molecule has 1 aromatic rings. The van der Waals surface area contributed by atoms with Crippen LogP contribution in [-0.4, -0.2) is 27.2 Å². The van der Waals surface area contributed by atoms with Crippen LogP contribution in [0.4, 0.5) is 11.6 Å². The van der Waals surface area contributed by atoms with Gasteiger partial charge in [0, 0.05) is 17.7 Å². The van der Waals surface area contributed by atoms with Gasteiger partial charge in [-0.1, -0.05) is 0 Å². The van der Waals surface area contributed by atoms with Crippen molar-refractivity contribution in [3.63, 3.8) is 0 Å². The zero-order chi connectivity index (χ0) is 12.2. The molecule has 0 fully saturated rings. The third-order valence-electron chi connectivity index (χ3n) is 2.41. The van der Waals surface area contributed by atoms with E-state index >= 15 is 0 Å². The van der Waals surface area contributed by atoms with E-state index in [1.54, 1.807) is 0 Å². The van der Waals surface area contributed by atoms with Crippen molar-refractivity contribution in [3.8, 4) is 0 Å². The van der Waals surface area contributed by atoms with Crippen molar-refractivity contribution in [3.05, 3.63) is 11.9 Å². The molecule has 16 heavy (non-hydrogen) atoms. The number of hydrogen-bond acceptors (Lipinski definition) is 6. The molecule has 0 aliphatic rings. The van der Waals surface area contributed by atoms with Gasteiger partial charge in [0.2, 0.25) is 0 Å². The Hall–Kier alpha value is -1.40. The second kappa shape index (κ2) is 5.09. The average Bonchev–Trinajstić information content (AvgIpc) is 2.21. The van der Waals surface area contributed by atoms with E-state index < -0.39 is 0 Å². The van der Waals surface area contributed by atoms with Crippen LogP contribution in [0.2, 0.25) is 0 Å². The number of aliphatic hydroxyl groups is 1. The molecule has 0 unspecified atom stereocenters. The summed E-state index contributed by atoms with van der Waals surface area (Å²) in [7, 11) is 0. The maximum atomic E-state index is 8.94. The lowest BCUT2D eigenvalue weighted by Gasteiger charge is -2.27. The molecule has 0 radical (unpaired) electrons. The van der Waals surface area contributed by atoms with Crippen molar-refractivity contribution in [1.82, 2.24) is 9.97 Å². The molecule has 90 valence electrons. The van der Waals surface area contributed by atoms with E-state index in [1.807, 2.05) is 20.8 Å². The SMILES string of the molecule is Cc1c(NN)ncnc1NC(C)(C)CCO. The molecule has 0 aliphatic heterocycles. The number of aromatic nitrogens is 2. The van der Waals surface area contributed by atoms with Crippen LogP contribution in [0, 0.1) is 6.92 Å². The van der Waals surface area contributed by atoms with Crippen molar-refractivity contribution in [2.24, 2.45) is 5.84 Å². The Morgan fingerprint density at radius 3 is 2.56 bits per heavy atom. The zero-order valence-electron chi connectivity index (χ0n) is 9.91. The molecule has 0 saturated carbocycles. The maximum absolute atomic E-state index is 8.94. The summed E-state index contributed by atoms with van der Waals surface area (Å²) < 4.78 is 0. The fourth-order valence-corrected chi connectivity index (χ4v) is 1.38. The van der Waals surface area contributed by atoms with Crippen LogP contribution >= 0.6 is 0 Å². The van der Waals surface area contributed by atoms with E-state index in [2.05, 4.69) is 20.7 Å². The van der Waals surface area contributed by atoms with Crippen LogP contribution < -0.4 is 16.6 Å². The quantitative estimate of drug-likeness (QED) is 0.434. The van der Waals surface area contributed by atoms with Crippen molar-refractivity contribution < 1.29 is 5.11 Å². The van der Waals surface area contributed by atoms with E-state index in [4.69, 9.17) is 10.9 Å². The lowest BCUT2D eigenvalue weighted by Crippen LogP contribution is -2.33. The van der Waals surface area contributed by atoms with Crippen LogP contribution in [0.1, 0.15) is 25.8 Å². The van der Waals surface area contributed by atoms with Crippen molar-refractivity contribution in [1.29, 1.82) is 0 Å². The van der Waals surface area contributed by atoms with Gasteiger partial charge in [0.05, 0.1) is 0 Å². The maximum Gasteiger partial charge on any atom is 0.148 e. The van der Waals surface area contributed by atoms with Crippen molar-refractivity contribution >= 4 is 11.6 Å². The third kappa shape index (κ3) is 3.04. The average molecular weight is 225 g/mol. The smallest absolute Gasteiger partial charge is 0.148 e. The van der Waals surface area contributed by atoms with Crippen LogP contribution in [0.3, 0.4) is 0 Å². The minimum atomic E-state index is -0.222. The van der Waals surface area contributed by atoms with E-state index in [-0.39, 0.29) is 12.1 Å². The van der Waals surface area contributed by atoms with Gasteiger partial charge in [-0.3, -0.25) is 0 Å². The highest BCUT2D eigenvalue weighted by atomic mass is 16.3. The first-order valence-corrected chi connectivity index (χ1v) is 5.17. The number of nitrogens with zero attached hydrogens (tertiary/aromatic N) is 2. The summed E-state index contributed by atoms with van der Waals surface area (Å²) in [5.41, 5.74) is 3.15. The van der Waals surface area contributed by atoms with Gasteiger partial charge in [-0.2, -0.15) is 0 Å². The number of anilines is 2. The Morgan fingerprint density at radius 1 is 1.38 bits per heavy atom. The minimum Gasteiger partial charge on any atom is -0.396 e. The Bertz CT molecular complexity index is 353. The highest BCUT2D eigenvalue weighted by Gasteiger charge is 2.19. The lowest BCUT2D eigenvalue weighted by molar-refractivity contribution is 0.260. The van der Waals surface area contributed by atoms with Gasteiger partial charge in [-0.05, 0) is 27.2 Å². The molecule has 0 amide bonds. The summed E-state index contributed by atoms with van der Waals surface area (Å²) in [4.78, 5) is 8.15. The Morgan fingerprint density at radius 2 is 2.00 bits per heavy atom. The predicted molar refractivity (Wildman–Crippen MR) is 64.0 cm³/mol. The van der Waals surface area contributed by atoms with Crippen molar-refractivity contribution in [2.75, 3.05) is 17.3 Å². The number of nitrogens with one attached hydrogen (secondary N) is 2. The second-order valence-corrected chi connectivity index (χ2v) is 4.32. The molecule has 1 rings (SSSR count). The van der Waals surface area contributed by atoms with E-state index in [0.29, 0.717) is 12.2 Å². The van der Waals surface area contributed by atoms with Gasteiger partial charge in [-0.15, -0.1) is 0 Å². The van der Waals surface area contributed by atoms with Crippen LogP contribution in [-0.2, 0) is 0 Å². The first-order chi connectivity index (χ1) is 7.50. The molecule has 1 aromatic heterocycles. The number of hydrazine groups is 1. The van der Waals surface area contributed by atoms with Gasteiger partial charge in [0.15, 0.2) is 0 Å². The summed E-state index contributed by atoms with van der Waals surface area (Å²) in [6, 6.07) is 0. The van der Waals surface area contributed by atoms with Crippen LogP contribution in [0.15, 0.2) is 6.33 Å². The van der Waals surface area contributed by atoms with Gasteiger partial charge in [0.25, 0.3) is 0 Å². The molecule has 0 aliphatic carbocycles. The molecular weight excluding hydrogens is 206 g/mol. The molecule has 6 nitrogen and oxygen atoms in total. The molecule has 1 heterocycles. The second-order valence-electron chi connectivity index (χ2n) is 4.32. The Labute approximate surface area is 95.3 Å². The van der Waals surface area contributed by atoms with Crippen LogP contribution in [0.25, 0.3) is 0 Å². The first kappa shape index (κ1) is 12.7. The number of nitrogen functional groups attached to an aromatic ring is 1. The largest absolute Gasteiger partial charge is 0.396 e. The molecule has 5 N–H and O–H groups in total. The lowest BCUT2D eigenvalue weighted by atomic mass is 10.0. The first-order valence-electron chi connectivity index (χ1n) is 5.17. The molecule has 0 bridgehead atoms. The molecule has 0 atom stereocenters. The standard InChI is InChI=1S/C10H19N5O/c1-7-8(12-6-13-9(7)15-11)14-10(2,3)4-5-16/h6,16H,4-5,11H2,1-3H3,(H2,12,13,14,15). The number of rotatable bonds is 5. The fourth-order valence-electron chi connectivity index (χ4n) is 1.38. The summed E-state index contributed by atoms with van der Waals surface area (Å²) in [6.07, 6.45) is 2.08. The summed E-state index contributed by atoms with van der Waals surface area (Å²) in [5.74, 6) is 6.65. The summed E-state index contributed by atoms with van der Waals surface area (Å²) in [5, 5.41) is 12.2. The van der Waals surface area contributed by atoms with E-state index in [1.165, 1.54) is 6.33 Å². The van der Waals surface area contributed by atoms with Gasteiger partial charge in [-0.25, -0.2) is 15.8 Å². The fraction of sp³-hybridized carbons (Fsp3) is 0.600. The van der Waals surface area contributed by atoms with Gasteiger partial charge < -0.3 is 15.8 Å². The van der Waals surface area contributed by atoms with Gasteiger partial charge >= 0.3 is 0 Å². The monoisotopic (exact) mass is 225 g/mol. The van der Waals surface area contributed by atoms with E-state index in [9.17, 15) is 0 Å². The minimum absolute atomic E-state index is 0.131. The molecular formula is C10H19N5O. The van der Waals surface area contributed by atoms with Gasteiger partial charge in [0.1, 0.15) is 18.0 Å². The molecule has 0 aromatic carbocycles. The topological polar surface area (TPSA) is 96.1 Å². The Kier molecular flexibility index (Phi) is 4.03.